The number of pyridine rings is 1. The number of nitrogens with zero attached hydrogens (tertiary/aromatic N) is 1. The lowest BCUT2D eigenvalue weighted by molar-refractivity contribution is 0.0691. The van der Waals surface area contributed by atoms with Crippen LogP contribution in [0.1, 0.15) is 16.1 Å². The van der Waals surface area contributed by atoms with Gasteiger partial charge in [0.25, 0.3) is 0 Å². The fourth-order valence-electron chi connectivity index (χ4n) is 1.78. The maximum absolute atomic E-state index is 13.0. The zero-order valence-electron chi connectivity index (χ0n) is 10.7. The lowest BCUT2D eigenvalue weighted by Crippen LogP contribution is -2.09. The SMILES string of the molecule is O=C(O)c1nc(NCCc2cc(F)cc(F)c2)ccc1Cl. The summed E-state index contributed by atoms with van der Waals surface area (Å²) in [7, 11) is 0. The number of nitrogens with one attached hydrogen (secondary N) is 1. The Labute approximate surface area is 124 Å². The summed E-state index contributed by atoms with van der Waals surface area (Å²) >= 11 is 5.70. The van der Waals surface area contributed by atoms with Gasteiger partial charge in [0.05, 0.1) is 5.02 Å². The summed E-state index contributed by atoms with van der Waals surface area (Å²) in [6.07, 6.45) is 0.362. The zero-order chi connectivity index (χ0) is 15.4. The highest BCUT2D eigenvalue weighted by atomic mass is 35.5. The van der Waals surface area contributed by atoms with Gasteiger partial charge in [-0.15, -0.1) is 0 Å². The summed E-state index contributed by atoms with van der Waals surface area (Å²) < 4.78 is 26.0. The number of carbonyl (C=O) groups is 1. The molecule has 4 nitrogen and oxygen atoms in total. The van der Waals surface area contributed by atoms with E-state index in [0.717, 1.165) is 6.07 Å². The van der Waals surface area contributed by atoms with Crippen LogP contribution in [-0.2, 0) is 6.42 Å². The fourth-order valence-corrected chi connectivity index (χ4v) is 1.97. The number of carboxylic acids is 1. The molecule has 1 aromatic carbocycles. The van der Waals surface area contributed by atoms with Gasteiger partial charge in [-0.05, 0) is 36.2 Å². The number of anilines is 1. The van der Waals surface area contributed by atoms with Crippen LogP contribution < -0.4 is 5.32 Å². The van der Waals surface area contributed by atoms with E-state index in [2.05, 4.69) is 10.3 Å². The molecule has 0 radical (unpaired) electrons. The molecule has 0 saturated carbocycles. The Kier molecular flexibility index (Phi) is 4.70. The lowest BCUT2D eigenvalue weighted by Gasteiger charge is -2.07. The fraction of sp³-hybridized carbons (Fsp3) is 0.143. The zero-order valence-corrected chi connectivity index (χ0v) is 11.5. The first kappa shape index (κ1) is 15.2. The molecule has 110 valence electrons. The number of carboxylic acid groups (broad SMARTS) is 1. The topological polar surface area (TPSA) is 62.2 Å². The van der Waals surface area contributed by atoms with E-state index >= 15 is 0 Å². The van der Waals surface area contributed by atoms with Gasteiger partial charge < -0.3 is 10.4 Å². The molecule has 2 aromatic rings. The standard InChI is InChI=1S/C14H11ClF2N2O2/c15-11-1-2-12(19-13(11)14(20)21)18-4-3-8-5-9(16)7-10(17)6-8/h1-2,5-7H,3-4H2,(H,18,19)(H,20,21). The van der Waals surface area contributed by atoms with Gasteiger partial charge in [0, 0.05) is 12.6 Å². The van der Waals surface area contributed by atoms with Gasteiger partial charge in [0.1, 0.15) is 17.5 Å². The van der Waals surface area contributed by atoms with Crippen LogP contribution >= 0.6 is 11.6 Å². The highest BCUT2D eigenvalue weighted by Crippen LogP contribution is 2.17. The van der Waals surface area contributed by atoms with Gasteiger partial charge in [-0.25, -0.2) is 18.6 Å². The van der Waals surface area contributed by atoms with E-state index in [1.54, 1.807) is 0 Å². The Hall–Kier alpha value is -2.21. The van der Waals surface area contributed by atoms with Gasteiger partial charge in [0.2, 0.25) is 0 Å². The Balaban J connectivity index is 2.00. The molecule has 2 rings (SSSR count). The molecular formula is C14H11ClF2N2O2. The number of aromatic nitrogens is 1. The highest BCUT2D eigenvalue weighted by Gasteiger charge is 2.11. The minimum atomic E-state index is -1.23. The van der Waals surface area contributed by atoms with Gasteiger partial charge in [-0.2, -0.15) is 0 Å². The van der Waals surface area contributed by atoms with Crippen LogP contribution in [0.15, 0.2) is 30.3 Å². The third kappa shape index (κ3) is 4.13. The minimum absolute atomic E-state index is 0.0419. The van der Waals surface area contributed by atoms with Crippen molar-refractivity contribution in [3.8, 4) is 0 Å². The van der Waals surface area contributed by atoms with Crippen molar-refractivity contribution in [3.63, 3.8) is 0 Å². The lowest BCUT2D eigenvalue weighted by atomic mass is 10.1. The second-order valence-electron chi connectivity index (χ2n) is 4.29. The van der Waals surface area contributed by atoms with Crippen molar-refractivity contribution < 1.29 is 18.7 Å². The molecule has 0 unspecified atom stereocenters. The van der Waals surface area contributed by atoms with E-state index in [1.807, 2.05) is 0 Å². The molecular weight excluding hydrogens is 302 g/mol. The van der Waals surface area contributed by atoms with Crippen LogP contribution in [0, 0.1) is 11.6 Å². The monoisotopic (exact) mass is 312 g/mol. The van der Waals surface area contributed by atoms with Crippen LogP contribution in [0.3, 0.4) is 0 Å². The summed E-state index contributed by atoms with van der Waals surface area (Å²) in [5, 5.41) is 11.8. The third-order valence-corrected chi connectivity index (χ3v) is 3.00. The van der Waals surface area contributed by atoms with Crippen LogP contribution in [0.5, 0.6) is 0 Å². The van der Waals surface area contributed by atoms with Crippen LogP contribution in [0.25, 0.3) is 0 Å². The minimum Gasteiger partial charge on any atom is -0.476 e. The molecule has 2 N–H and O–H groups in total. The number of benzene rings is 1. The predicted octanol–water partition coefficient (Wildman–Crippen LogP) is 3.37. The smallest absolute Gasteiger partial charge is 0.356 e. The number of rotatable bonds is 5. The molecule has 0 saturated heterocycles. The largest absolute Gasteiger partial charge is 0.476 e. The summed E-state index contributed by atoms with van der Waals surface area (Å²) in [5.41, 5.74) is 0.242. The average molecular weight is 313 g/mol. The molecule has 1 aromatic heterocycles. The summed E-state index contributed by atoms with van der Waals surface area (Å²) in [4.78, 5) is 14.7. The molecule has 0 bridgehead atoms. The summed E-state index contributed by atoms with van der Waals surface area (Å²) in [5.74, 6) is -2.17. The maximum atomic E-state index is 13.0. The highest BCUT2D eigenvalue weighted by molar-refractivity contribution is 6.33. The van der Waals surface area contributed by atoms with Gasteiger partial charge >= 0.3 is 5.97 Å². The quantitative estimate of drug-likeness (QED) is 0.888. The number of aromatic carboxylic acids is 1. The Morgan fingerprint density at radius 3 is 2.52 bits per heavy atom. The van der Waals surface area contributed by atoms with Gasteiger partial charge in [-0.3, -0.25) is 0 Å². The number of hydrogen-bond acceptors (Lipinski definition) is 3. The Morgan fingerprint density at radius 1 is 1.24 bits per heavy atom. The van der Waals surface area contributed by atoms with E-state index in [-0.39, 0.29) is 10.7 Å². The molecule has 0 spiro atoms. The summed E-state index contributed by atoms with van der Waals surface area (Å²) in [6.45, 7) is 0.344. The Morgan fingerprint density at radius 2 is 1.90 bits per heavy atom. The van der Waals surface area contributed by atoms with Crippen molar-refractivity contribution in [1.82, 2.24) is 4.98 Å². The second-order valence-corrected chi connectivity index (χ2v) is 4.69. The van der Waals surface area contributed by atoms with Crippen LogP contribution in [0.4, 0.5) is 14.6 Å². The molecule has 0 aliphatic rings. The van der Waals surface area contributed by atoms with Gasteiger partial charge in [-0.1, -0.05) is 11.6 Å². The van der Waals surface area contributed by atoms with Crippen molar-refractivity contribution in [3.05, 3.63) is 58.2 Å². The molecule has 0 fully saturated rings. The van der Waals surface area contributed by atoms with E-state index in [4.69, 9.17) is 16.7 Å². The van der Waals surface area contributed by atoms with Crippen molar-refractivity contribution in [2.24, 2.45) is 0 Å². The van der Waals surface area contributed by atoms with E-state index in [1.165, 1.54) is 24.3 Å². The van der Waals surface area contributed by atoms with Crippen molar-refractivity contribution in [2.75, 3.05) is 11.9 Å². The van der Waals surface area contributed by atoms with E-state index in [9.17, 15) is 13.6 Å². The van der Waals surface area contributed by atoms with E-state index in [0.29, 0.717) is 24.3 Å². The first-order valence-corrected chi connectivity index (χ1v) is 6.42. The molecule has 1 heterocycles. The van der Waals surface area contributed by atoms with Crippen molar-refractivity contribution >= 4 is 23.4 Å². The molecule has 0 amide bonds. The third-order valence-electron chi connectivity index (χ3n) is 2.69. The van der Waals surface area contributed by atoms with Crippen molar-refractivity contribution in [2.45, 2.75) is 6.42 Å². The molecule has 0 aliphatic heterocycles. The van der Waals surface area contributed by atoms with E-state index < -0.39 is 17.6 Å². The first-order valence-electron chi connectivity index (χ1n) is 6.04. The molecule has 0 atom stereocenters. The van der Waals surface area contributed by atoms with Gasteiger partial charge in [0.15, 0.2) is 5.69 Å². The predicted molar refractivity (Wildman–Crippen MR) is 74.8 cm³/mol. The van der Waals surface area contributed by atoms with Crippen molar-refractivity contribution in [1.29, 1.82) is 0 Å². The number of hydrogen-bond donors (Lipinski definition) is 2. The first-order chi connectivity index (χ1) is 9.95. The number of halogens is 3. The maximum Gasteiger partial charge on any atom is 0.356 e. The molecule has 21 heavy (non-hydrogen) atoms. The summed E-state index contributed by atoms with van der Waals surface area (Å²) in [6, 6.07) is 6.23. The normalized spacial score (nSPS) is 10.4. The van der Waals surface area contributed by atoms with Crippen LogP contribution in [-0.4, -0.2) is 22.6 Å². The molecule has 7 heteroatoms. The molecule has 0 aliphatic carbocycles. The second kappa shape index (κ2) is 6.49. The van der Waals surface area contributed by atoms with Crippen LogP contribution in [0.2, 0.25) is 5.02 Å². The Bertz CT molecular complexity index is 660. The average Bonchev–Trinajstić information content (AvgIpc) is 2.39.